The van der Waals surface area contributed by atoms with Crippen LogP contribution in [0.1, 0.15) is 12.8 Å². The Morgan fingerprint density at radius 1 is 0.857 bits per heavy atom. The summed E-state index contributed by atoms with van der Waals surface area (Å²) in [7, 11) is -3.38. The second-order valence-electron chi connectivity index (χ2n) is 9.24. The number of hydrogen-bond acceptors (Lipinski definition) is 13. The first-order chi connectivity index (χ1) is 16.5. The molecule has 10 N–H and O–H groups in total. The summed E-state index contributed by atoms with van der Waals surface area (Å²) in [5.74, 6) is 1.08. The Bertz CT molecular complexity index is 1100. The largest absolute Gasteiger partial charge is 0.338 e. The summed E-state index contributed by atoms with van der Waals surface area (Å²) in [4.78, 5) is 17.8. The molecule has 35 heavy (non-hydrogen) atoms. The van der Waals surface area contributed by atoms with E-state index in [-0.39, 0.29) is 40.0 Å². The van der Waals surface area contributed by atoms with Crippen LogP contribution in [0.3, 0.4) is 0 Å². The van der Waals surface area contributed by atoms with Crippen molar-refractivity contribution in [2.45, 2.75) is 41.9 Å². The molecule has 4 unspecified atom stereocenters. The van der Waals surface area contributed by atoms with Crippen LogP contribution in [0.15, 0.2) is 23.1 Å². The molecule has 2 aliphatic rings. The first-order valence-corrected chi connectivity index (χ1v) is 13.5. The van der Waals surface area contributed by atoms with E-state index in [0.29, 0.717) is 43.8 Å². The lowest BCUT2D eigenvalue weighted by atomic mass is 10.0. The average molecular weight is 526 g/mol. The van der Waals surface area contributed by atoms with Gasteiger partial charge in [0.25, 0.3) is 0 Å². The van der Waals surface area contributed by atoms with E-state index in [9.17, 15) is 8.42 Å². The third kappa shape index (κ3) is 6.39. The monoisotopic (exact) mass is 525 g/mol. The molecule has 2 fully saturated rings. The Kier molecular flexibility index (Phi) is 7.49. The van der Waals surface area contributed by atoms with Gasteiger partial charge in [-0.15, -0.1) is 0 Å². The van der Waals surface area contributed by atoms with Crippen LogP contribution in [0.25, 0.3) is 0 Å². The van der Waals surface area contributed by atoms with Gasteiger partial charge in [-0.1, -0.05) is 11.6 Å². The summed E-state index contributed by atoms with van der Waals surface area (Å²) < 4.78 is 23.6. The van der Waals surface area contributed by atoms with Gasteiger partial charge in [0.15, 0.2) is 9.84 Å². The molecular formula is C20H32ClN11O2S. The summed E-state index contributed by atoms with van der Waals surface area (Å²) in [6, 6.07) is 3.99. The van der Waals surface area contributed by atoms with Gasteiger partial charge in [0.05, 0.1) is 15.6 Å². The maximum Gasteiger partial charge on any atom is 0.248 e. The van der Waals surface area contributed by atoms with Gasteiger partial charge in [-0.3, -0.25) is 10.9 Å². The van der Waals surface area contributed by atoms with E-state index < -0.39 is 9.84 Å². The van der Waals surface area contributed by atoms with Crippen LogP contribution in [0.2, 0.25) is 5.02 Å². The van der Waals surface area contributed by atoms with E-state index in [2.05, 4.69) is 25.8 Å². The van der Waals surface area contributed by atoms with E-state index in [1.54, 1.807) is 6.07 Å². The summed E-state index contributed by atoms with van der Waals surface area (Å²) in [6.45, 7) is 2.23. The number of aromatic nitrogens is 3. The standard InChI is InChI=1S/C20H32ClN11O2S/c1-35(33,34)15-2-3-17(16(21)6-15)29-30-18-26-19(31-7-11(22)4-12(23)8-31)28-20(27-18)32-9-13(24)5-14(25)10-32/h2-3,6,11-14,29H,4-5,7-10,22-25H2,1H3,(H,26,27,28,30). The predicted octanol–water partition coefficient (Wildman–Crippen LogP) is -0.903. The van der Waals surface area contributed by atoms with Gasteiger partial charge in [0.2, 0.25) is 17.8 Å². The Labute approximate surface area is 209 Å². The number of anilines is 4. The second-order valence-corrected chi connectivity index (χ2v) is 11.7. The number of sulfone groups is 1. The third-order valence-electron chi connectivity index (χ3n) is 5.89. The molecule has 2 saturated heterocycles. The van der Waals surface area contributed by atoms with Gasteiger partial charge < -0.3 is 32.7 Å². The van der Waals surface area contributed by atoms with Crippen molar-refractivity contribution in [1.82, 2.24) is 15.0 Å². The van der Waals surface area contributed by atoms with Crippen molar-refractivity contribution in [2.75, 3.05) is 53.1 Å². The van der Waals surface area contributed by atoms with Crippen molar-refractivity contribution in [2.24, 2.45) is 22.9 Å². The number of hydrogen-bond donors (Lipinski definition) is 6. The third-order valence-corrected chi connectivity index (χ3v) is 7.31. The van der Waals surface area contributed by atoms with Gasteiger partial charge in [0, 0.05) is 56.6 Å². The van der Waals surface area contributed by atoms with Crippen LogP contribution >= 0.6 is 11.6 Å². The number of piperidine rings is 2. The number of hydrazine groups is 1. The van der Waals surface area contributed by atoms with Gasteiger partial charge in [-0.2, -0.15) is 15.0 Å². The normalized spacial score (nSPS) is 25.4. The van der Waals surface area contributed by atoms with E-state index in [0.717, 1.165) is 19.1 Å². The summed E-state index contributed by atoms with van der Waals surface area (Å²) in [5, 5.41) is 0.218. The van der Waals surface area contributed by atoms with Crippen LogP contribution in [-0.2, 0) is 9.84 Å². The quantitative estimate of drug-likeness (QED) is 0.253. The predicted molar refractivity (Wildman–Crippen MR) is 137 cm³/mol. The molecule has 4 atom stereocenters. The number of nitrogens with zero attached hydrogens (tertiary/aromatic N) is 5. The van der Waals surface area contributed by atoms with Gasteiger partial charge in [-0.25, -0.2) is 8.42 Å². The summed E-state index contributed by atoms with van der Waals surface area (Å²) >= 11 is 6.28. The van der Waals surface area contributed by atoms with Crippen molar-refractivity contribution < 1.29 is 8.42 Å². The molecule has 15 heteroatoms. The van der Waals surface area contributed by atoms with E-state index in [1.807, 2.05) is 9.80 Å². The van der Waals surface area contributed by atoms with Crippen LogP contribution in [-0.4, -0.2) is 80.0 Å². The lowest BCUT2D eigenvalue weighted by Crippen LogP contribution is -2.54. The van der Waals surface area contributed by atoms with Crippen molar-refractivity contribution in [3.63, 3.8) is 0 Å². The molecule has 0 saturated carbocycles. The molecule has 3 heterocycles. The molecule has 192 valence electrons. The molecule has 0 aliphatic carbocycles. The smallest absolute Gasteiger partial charge is 0.248 e. The number of halogens is 1. The molecule has 2 aromatic rings. The molecule has 0 bridgehead atoms. The van der Waals surface area contributed by atoms with Crippen molar-refractivity contribution >= 4 is 45.0 Å². The highest BCUT2D eigenvalue weighted by Crippen LogP contribution is 2.26. The maximum atomic E-state index is 11.8. The lowest BCUT2D eigenvalue weighted by Gasteiger charge is -2.37. The van der Waals surface area contributed by atoms with Gasteiger partial charge >= 0.3 is 0 Å². The fraction of sp³-hybridized carbons (Fsp3) is 0.550. The first kappa shape index (κ1) is 25.6. The Hall–Kier alpha value is -2.49. The van der Waals surface area contributed by atoms with E-state index in [1.165, 1.54) is 12.1 Å². The average Bonchev–Trinajstić information content (AvgIpc) is 2.76. The van der Waals surface area contributed by atoms with Crippen molar-refractivity contribution in [1.29, 1.82) is 0 Å². The van der Waals surface area contributed by atoms with Crippen molar-refractivity contribution in [3.8, 4) is 0 Å². The lowest BCUT2D eigenvalue weighted by molar-refractivity contribution is 0.441. The highest BCUT2D eigenvalue weighted by atomic mass is 35.5. The van der Waals surface area contributed by atoms with Crippen LogP contribution in [0.5, 0.6) is 0 Å². The SMILES string of the molecule is CS(=O)(=O)c1ccc(NNc2nc(N3CC(N)CC(N)C3)nc(N3CC(N)CC(N)C3)n2)c(Cl)c1. The highest BCUT2D eigenvalue weighted by molar-refractivity contribution is 7.90. The molecule has 0 radical (unpaired) electrons. The molecule has 0 amide bonds. The maximum absolute atomic E-state index is 11.8. The molecule has 1 aromatic heterocycles. The van der Waals surface area contributed by atoms with E-state index >= 15 is 0 Å². The first-order valence-electron chi connectivity index (χ1n) is 11.3. The second kappa shape index (κ2) is 10.2. The number of nitrogens with two attached hydrogens (primary N) is 4. The Morgan fingerprint density at radius 2 is 1.34 bits per heavy atom. The molecular weight excluding hydrogens is 494 g/mol. The number of rotatable bonds is 6. The minimum Gasteiger partial charge on any atom is -0.338 e. The zero-order valence-corrected chi connectivity index (χ0v) is 21.0. The summed E-state index contributed by atoms with van der Waals surface area (Å²) in [5.41, 5.74) is 31.0. The zero-order valence-electron chi connectivity index (χ0n) is 19.4. The topological polar surface area (TPSA) is 207 Å². The van der Waals surface area contributed by atoms with Crippen molar-refractivity contribution in [3.05, 3.63) is 23.2 Å². The van der Waals surface area contributed by atoms with Gasteiger partial charge in [0.1, 0.15) is 0 Å². The fourth-order valence-electron chi connectivity index (χ4n) is 4.33. The highest BCUT2D eigenvalue weighted by Gasteiger charge is 2.28. The molecule has 1 aromatic carbocycles. The molecule has 13 nitrogen and oxygen atoms in total. The number of nitrogens with one attached hydrogen (secondary N) is 2. The van der Waals surface area contributed by atoms with E-state index in [4.69, 9.17) is 34.5 Å². The van der Waals surface area contributed by atoms with Crippen LogP contribution in [0, 0.1) is 0 Å². The summed E-state index contributed by atoms with van der Waals surface area (Å²) in [6.07, 6.45) is 2.56. The molecule has 4 rings (SSSR count). The number of benzene rings is 1. The molecule has 0 spiro atoms. The Morgan fingerprint density at radius 3 is 1.77 bits per heavy atom. The van der Waals surface area contributed by atoms with Crippen LogP contribution in [0.4, 0.5) is 23.5 Å². The zero-order chi connectivity index (χ0) is 25.3. The van der Waals surface area contributed by atoms with Gasteiger partial charge in [-0.05, 0) is 31.0 Å². The minimum absolute atomic E-state index is 0.0995. The fourth-order valence-corrected chi connectivity index (χ4v) is 5.27. The Balaban J connectivity index is 1.61. The minimum atomic E-state index is -3.38. The van der Waals surface area contributed by atoms with Crippen LogP contribution < -0.4 is 43.6 Å². The molecule has 2 aliphatic heterocycles.